The molecule has 4 rings (SSSR count). The first-order valence-electron chi connectivity index (χ1n) is 6.20. The first-order chi connectivity index (χ1) is 9.05. The Bertz CT molecular complexity index is 579. The lowest BCUT2D eigenvalue weighted by Crippen LogP contribution is -2.49. The van der Waals surface area contributed by atoms with Crippen molar-refractivity contribution in [2.24, 2.45) is 0 Å². The first-order valence-corrected chi connectivity index (χ1v) is 6.20. The van der Waals surface area contributed by atoms with E-state index in [9.17, 15) is 4.79 Å². The second kappa shape index (κ2) is 3.43. The standard InChI is InChI=1S/C12H13N3O4/c1-12(2)18-8-4-3-6-9(10(8)19-12)17-11(16)7-5-13-14-15(6)7/h3-6,8-10H,1-2H3/t6-,8+,9+,10+/m0/s1. The molecular formula is C12H13N3O4. The van der Waals surface area contributed by atoms with Gasteiger partial charge in [0, 0.05) is 0 Å². The minimum atomic E-state index is -0.677. The summed E-state index contributed by atoms with van der Waals surface area (Å²) in [6, 6.07) is -0.186. The number of hydrogen-bond acceptors (Lipinski definition) is 6. The van der Waals surface area contributed by atoms with E-state index in [-0.39, 0.29) is 18.2 Å². The molecule has 0 amide bonds. The largest absolute Gasteiger partial charge is 0.452 e. The summed E-state index contributed by atoms with van der Waals surface area (Å²) in [4.78, 5) is 11.9. The Kier molecular flexibility index (Phi) is 2.01. The molecule has 7 nitrogen and oxygen atoms in total. The van der Waals surface area contributed by atoms with E-state index in [1.807, 2.05) is 26.0 Å². The summed E-state index contributed by atoms with van der Waals surface area (Å²) in [5, 5.41) is 7.73. The zero-order valence-electron chi connectivity index (χ0n) is 10.5. The van der Waals surface area contributed by atoms with Crippen LogP contribution in [-0.2, 0) is 14.2 Å². The van der Waals surface area contributed by atoms with Crippen molar-refractivity contribution in [1.82, 2.24) is 15.0 Å². The van der Waals surface area contributed by atoms with Crippen molar-refractivity contribution in [2.75, 3.05) is 0 Å². The van der Waals surface area contributed by atoms with Crippen LogP contribution in [0, 0.1) is 0 Å². The van der Waals surface area contributed by atoms with Crippen LogP contribution < -0.4 is 0 Å². The second-order valence-corrected chi connectivity index (χ2v) is 5.37. The van der Waals surface area contributed by atoms with Crippen LogP contribution >= 0.6 is 0 Å². The highest BCUT2D eigenvalue weighted by Gasteiger charge is 2.52. The molecule has 0 radical (unpaired) electrons. The normalized spacial score (nSPS) is 38.3. The number of nitrogens with zero attached hydrogens (tertiary/aromatic N) is 3. The van der Waals surface area contributed by atoms with Gasteiger partial charge in [-0.1, -0.05) is 17.4 Å². The van der Waals surface area contributed by atoms with E-state index in [4.69, 9.17) is 14.2 Å². The van der Waals surface area contributed by atoms with E-state index in [0.29, 0.717) is 5.69 Å². The maximum atomic E-state index is 11.9. The van der Waals surface area contributed by atoms with Gasteiger partial charge in [-0.05, 0) is 13.8 Å². The molecule has 0 spiro atoms. The summed E-state index contributed by atoms with van der Waals surface area (Å²) < 4.78 is 18.7. The van der Waals surface area contributed by atoms with Crippen LogP contribution in [-0.4, -0.2) is 45.1 Å². The molecule has 0 aromatic carbocycles. The number of hydrogen-bond donors (Lipinski definition) is 0. The zero-order chi connectivity index (χ0) is 13.2. The van der Waals surface area contributed by atoms with Gasteiger partial charge in [-0.15, -0.1) is 5.10 Å². The molecule has 1 aromatic heterocycles. The van der Waals surface area contributed by atoms with Gasteiger partial charge >= 0.3 is 5.97 Å². The summed E-state index contributed by atoms with van der Waals surface area (Å²) in [6.45, 7) is 3.69. The molecule has 1 fully saturated rings. The number of aromatic nitrogens is 3. The second-order valence-electron chi connectivity index (χ2n) is 5.37. The molecule has 1 aromatic rings. The summed E-state index contributed by atoms with van der Waals surface area (Å²) in [7, 11) is 0. The van der Waals surface area contributed by atoms with Gasteiger partial charge in [-0.25, -0.2) is 9.48 Å². The monoisotopic (exact) mass is 263 g/mol. The van der Waals surface area contributed by atoms with Crippen molar-refractivity contribution in [3.05, 3.63) is 24.0 Å². The molecule has 4 atom stereocenters. The van der Waals surface area contributed by atoms with E-state index < -0.39 is 17.9 Å². The van der Waals surface area contributed by atoms with E-state index in [2.05, 4.69) is 10.3 Å². The fraction of sp³-hybridized carbons (Fsp3) is 0.583. The lowest BCUT2D eigenvalue weighted by atomic mass is 9.93. The van der Waals surface area contributed by atoms with Crippen molar-refractivity contribution in [3.63, 3.8) is 0 Å². The molecule has 19 heavy (non-hydrogen) atoms. The molecule has 3 aliphatic rings. The number of rotatable bonds is 0. The van der Waals surface area contributed by atoms with Crippen LogP contribution in [0.15, 0.2) is 18.3 Å². The van der Waals surface area contributed by atoms with Crippen molar-refractivity contribution >= 4 is 5.97 Å². The highest BCUT2D eigenvalue weighted by atomic mass is 16.8. The lowest BCUT2D eigenvalue weighted by molar-refractivity contribution is -0.156. The van der Waals surface area contributed by atoms with Crippen LogP contribution in [0.1, 0.15) is 30.4 Å². The van der Waals surface area contributed by atoms with E-state index >= 15 is 0 Å². The highest BCUT2D eigenvalue weighted by molar-refractivity contribution is 5.88. The SMILES string of the molecule is CC1(C)O[C@H]2[C@@H]3OC(=O)c4cnnn4[C@H]3C=C[C@H]2O1. The van der Waals surface area contributed by atoms with Gasteiger partial charge in [0.05, 0.1) is 6.20 Å². The maximum Gasteiger partial charge on any atom is 0.358 e. The quantitative estimate of drug-likeness (QED) is 0.499. The fourth-order valence-corrected chi connectivity index (χ4v) is 2.90. The molecule has 0 unspecified atom stereocenters. The van der Waals surface area contributed by atoms with Gasteiger partial charge in [0.1, 0.15) is 18.2 Å². The predicted octanol–water partition coefficient (Wildman–Crippen LogP) is 0.448. The molecule has 0 bridgehead atoms. The number of carbonyl (C=O) groups is 1. The third-order valence-corrected chi connectivity index (χ3v) is 3.63. The van der Waals surface area contributed by atoms with Crippen molar-refractivity contribution < 1.29 is 19.0 Å². The van der Waals surface area contributed by atoms with Crippen molar-refractivity contribution in [1.29, 1.82) is 0 Å². The number of carbonyl (C=O) groups excluding carboxylic acids is 1. The summed E-state index contributed by atoms with van der Waals surface area (Å²) >= 11 is 0. The smallest absolute Gasteiger partial charge is 0.358 e. The van der Waals surface area contributed by atoms with Gasteiger partial charge in [0.25, 0.3) is 0 Å². The van der Waals surface area contributed by atoms with Crippen LogP contribution in [0.2, 0.25) is 0 Å². The zero-order valence-corrected chi connectivity index (χ0v) is 10.5. The predicted molar refractivity (Wildman–Crippen MR) is 61.2 cm³/mol. The summed E-state index contributed by atoms with van der Waals surface area (Å²) in [5.41, 5.74) is 0.363. The molecule has 1 saturated heterocycles. The number of esters is 1. The molecular weight excluding hydrogens is 250 g/mol. The summed E-state index contributed by atoms with van der Waals surface area (Å²) in [6.07, 6.45) is 4.33. The van der Waals surface area contributed by atoms with Crippen LogP contribution in [0.4, 0.5) is 0 Å². The average molecular weight is 263 g/mol. The molecule has 7 heteroatoms. The average Bonchev–Trinajstić information content (AvgIpc) is 2.92. The first kappa shape index (κ1) is 11.1. The molecule has 0 N–H and O–H groups in total. The van der Waals surface area contributed by atoms with Gasteiger partial charge in [-0.3, -0.25) is 0 Å². The van der Waals surface area contributed by atoms with Gasteiger partial charge in [0.15, 0.2) is 17.6 Å². The van der Waals surface area contributed by atoms with E-state index in [0.717, 1.165) is 0 Å². The highest BCUT2D eigenvalue weighted by Crippen LogP contribution is 2.40. The molecule has 1 aliphatic carbocycles. The van der Waals surface area contributed by atoms with Crippen molar-refractivity contribution in [2.45, 2.75) is 44.0 Å². The van der Waals surface area contributed by atoms with Crippen LogP contribution in [0.3, 0.4) is 0 Å². The third kappa shape index (κ3) is 1.48. The number of ether oxygens (including phenoxy) is 3. The number of fused-ring (bicyclic) bond motifs is 5. The third-order valence-electron chi connectivity index (χ3n) is 3.63. The van der Waals surface area contributed by atoms with Crippen molar-refractivity contribution in [3.8, 4) is 0 Å². The van der Waals surface area contributed by atoms with Gasteiger partial charge in [-0.2, -0.15) is 0 Å². The molecule has 2 aliphatic heterocycles. The molecule has 3 heterocycles. The maximum absolute atomic E-state index is 11.9. The Hall–Kier alpha value is -1.73. The Morgan fingerprint density at radius 3 is 2.95 bits per heavy atom. The Morgan fingerprint density at radius 2 is 2.11 bits per heavy atom. The van der Waals surface area contributed by atoms with Crippen LogP contribution in [0.25, 0.3) is 0 Å². The van der Waals surface area contributed by atoms with Gasteiger partial charge < -0.3 is 14.2 Å². The minimum absolute atomic E-state index is 0.186. The van der Waals surface area contributed by atoms with E-state index in [1.54, 1.807) is 4.68 Å². The Morgan fingerprint density at radius 1 is 1.26 bits per heavy atom. The Balaban J connectivity index is 1.76. The lowest BCUT2D eigenvalue weighted by Gasteiger charge is -2.36. The van der Waals surface area contributed by atoms with Crippen LogP contribution in [0.5, 0.6) is 0 Å². The van der Waals surface area contributed by atoms with Gasteiger partial charge in [0.2, 0.25) is 0 Å². The molecule has 0 saturated carbocycles. The fourth-order valence-electron chi connectivity index (χ4n) is 2.90. The van der Waals surface area contributed by atoms with E-state index in [1.165, 1.54) is 6.20 Å². The minimum Gasteiger partial charge on any atom is -0.452 e. The summed E-state index contributed by atoms with van der Waals surface area (Å²) in [5.74, 6) is -1.10. The topological polar surface area (TPSA) is 75.5 Å². The molecule has 100 valence electrons. The Labute approximate surface area is 109 Å².